The van der Waals surface area contributed by atoms with E-state index >= 15 is 0 Å². The van der Waals surface area contributed by atoms with Gasteiger partial charge in [0.15, 0.2) is 0 Å². The number of benzene rings is 1. The van der Waals surface area contributed by atoms with Gasteiger partial charge in [0.25, 0.3) is 0 Å². The molecule has 0 fully saturated rings. The summed E-state index contributed by atoms with van der Waals surface area (Å²) in [4.78, 5) is 7.83. The number of nitrogens with zero attached hydrogens (tertiary/aromatic N) is 1. The van der Waals surface area contributed by atoms with Gasteiger partial charge >= 0.3 is 0 Å². The van der Waals surface area contributed by atoms with E-state index in [0.29, 0.717) is 11.1 Å². The van der Waals surface area contributed by atoms with Crippen LogP contribution in [0.25, 0.3) is 0 Å². The lowest BCUT2D eigenvalue weighted by molar-refractivity contribution is 0.558. The van der Waals surface area contributed by atoms with E-state index in [1.54, 1.807) is 0 Å². The summed E-state index contributed by atoms with van der Waals surface area (Å²) in [5.41, 5.74) is 2.14. The Labute approximate surface area is 137 Å². The number of nitrogens with one attached hydrogen (secondary N) is 1. The number of halogens is 2. The van der Waals surface area contributed by atoms with Gasteiger partial charge in [-0.1, -0.05) is 56.7 Å². The molecule has 106 valence electrons. The summed E-state index contributed by atoms with van der Waals surface area (Å²) in [5.74, 6) is 0.852. The minimum atomic E-state index is -0.0293. The molecule has 0 saturated carbocycles. The predicted octanol–water partition coefficient (Wildman–Crippen LogP) is 5.44. The highest BCUT2D eigenvalue weighted by Gasteiger charge is 2.20. The molecule has 0 radical (unpaired) electrons. The molecule has 0 unspecified atom stereocenters. The van der Waals surface area contributed by atoms with Crippen LogP contribution in [0.15, 0.2) is 28.7 Å². The normalized spacial score (nSPS) is 11.7. The maximum absolute atomic E-state index is 6.01. The van der Waals surface area contributed by atoms with Crippen LogP contribution in [0.1, 0.15) is 37.9 Å². The minimum absolute atomic E-state index is 0.0293. The van der Waals surface area contributed by atoms with Crippen LogP contribution in [-0.2, 0) is 11.8 Å². The molecule has 5 heteroatoms. The highest BCUT2D eigenvalue weighted by Crippen LogP contribution is 2.28. The molecule has 0 saturated heterocycles. The van der Waals surface area contributed by atoms with Crippen molar-refractivity contribution in [2.45, 2.75) is 32.6 Å². The van der Waals surface area contributed by atoms with Crippen LogP contribution in [0.5, 0.6) is 0 Å². The number of rotatable bonds is 2. The van der Waals surface area contributed by atoms with Gasteiger partial charge in [0.05, 0.1) is 4.47 Å². The Hall–Kier alpha value is -0.710. The first kappa shape index (κ1) is 15.7. The van der Waals surface area contributed by atoms with Crippen LogP contribution >= 0.6 is 39.7 Å². The molecule has 1 aromatic carbocycles. The molecule has 0 aliphatic rings. The summed E-state index contributed by atoms with van der Waals surface area (Å²) < 4.78 is 1.46. The van der Waals surface area contributed by atoms with Crippen molar-refractivity contribution in [3.05, 3.63) is 55.5 Å². The van der Waals surface area contributed by atoms with Crippen molar-refractivity contribution >= 4 is 39.7 Å². The number of aromatic nitrogens is 2. The maximum atomic E-state index is 6.01. The zero-order valence-electron chi connectivity index (χ0n) is 11.6. The van der Waals surface area contributed by atoms with Crippen LogP contribution in [0.4, 0.5) is 0 Å². The average molecular weight is 372 g/mol. The lowest BCUT2D eigenvalue weighted by atomic mass is 9.92. The van der Waals surface area contributed by atoms with Crippen LogP contribution in [0.3, 0.4) is 0 Å². The summed E-state index contributed by atoms with van der Waals surface area (Å²) in [7, 11) is 0. The molecule has 0 atom stereocenters. The number of hydrogen-bond donors (Lipinski definition) is 1. The molecule has 0 spiro atoms. The van der Waals surface area contributed by atoms with Crippen molar-refractivity contribution in [3.63, 3.8) is 0 Å². The van der Waals surface area contributed by atoms with Crippen molar-refractivity contribution < 1.29 is 0 Å². The van der Waals surface area contributed by atoms with Gasteiger partial charge < -0.3 is 4.98 Å². The van der Waals surface area contributed by atoms with Gasteiger partial charge in [-0.15, -0.1) is 0 Å². The first-order chi connectivity index (χ1) is 9.27. The Morgan fingerprint density at radius 2 is 2.05 bits per heavy atom. The maximum Gasteiger partial charge on any atom is 0.144 e. The quantitative estimate of drug-likeness (QED) is 0.712. The lowest BCUT2D eigenvalue weighted by Gasteiger charge is -2.21. The molecule has 0 aliphatic heterocycles. The number of H-pyrrole nitrogens is 1. The summed E-state index contributed by atoms with van der Waals surface area (Å²) in [5, 5.41) is 0.731. The van der Waals surface area contributed by atoms with Gasteiger partial charge in [0.1, 0.15) is 10.5 Å². The molecule has 0 bridgehead atoms. The van der Waals surface area contributed by atoms with Gasteiger partial charge in [-0.3, -0.25) is 0 Å². The summed E-state index contributed by atoms with van der Waals surface area (Å²) in [6, 6.07) is 7.78. The van der Waals surface area contributed by atoms with Crippen LogP contribution in [0, 0.1) is 4.64 Å². The van der Waals surface area contributed by atoms with E-state index in [0.717, 1.165) is 26.6 Å². The number of aromatic amines is 1. The fourth-order valence-corrected chi connectivity index (χ4v) is 3.15. The van der Waals surface area contributed by atoms with Gasteiger partial charge in [-0.2, -0.15) is 0 Å². The van der Waals surface area contributed by atoms with Gasteiger partial charge in [0.2, 0.25) is 0 Å². The monoisotopic (exact) mass is 370 g/mol. The Kier molecular flexibility index (Phi) is 4.67. The van der Waals surface area contributed by atoms with E-state index in [9.17, 15) is 0 Å². The van der Waals surface area contributed by atoms with E-state index in [1.807, 2.05) is 24.3 Å². The topological polar surface area (TPSA) is 28.7 Å². The smallest absolute Gasteiger partial charge is 0.144 e. The van der Waals surface area contributed by atoms with Gasteiger partial charge in [-0.25, -0.2) is 4.98 Å². The second-order valence-corrected chi connectivity index (χ2v) is 7.35. The second kappa shape index (κ2) is 5.96. The minimum Gasteiger partial charge on any atom is -0.345 e. The molecule has 2 nitrogen and oxygen atoms in total. The van der Waals surface area contributed by atoms with Crippen LogP contribution in [0.2, 0.25) is 5.02 Å². The molecule has 1 N–H and O–H groups in total. The zero-order valence-corrected chi connectivity index (χ0v) is 14.8. The lowest BCUT2D eigenvalue weighted by Crippen LogP contribution is -2.17. The third kappa shape index (κ3) is 3.68. The Morgan fingerprint density at radius 3 is 2.65 bits per heavy atom. The molecule has 1 heterocycles. The summed E-state index contributed by atoms with van der Waals surface area (Å²) >= 11 is 14.9. The molecule has 2 aromatic rings. The largest absolute Gasteiger partial charge is 0.345 e. The van der Waals surface area contributed by atoms with E-state index in [1.165, 1.54) is 0 Å². The average Bonchev–Trinajstić information content (AvgIpc) is 2.32. The third-order valence-electron chi connectivity index (χ3n) is 2.92. The van der Waals surface area contributed by atoms with Crippen molar-refractivity contribution in [2.75, 3.05) is 0 Å². The van der Waals surface area contributed by atoms with Crippen molar-refractivity contribution in [2.24, 2.45) is 0 Å². The van der Waals surface area contributed by atoms with E-state index < -0.39 is 0 Å². The Balaban J connectivity index is 2.44. The third-order valence-corrected chi connectivity index (χ3v) is 4.49. The predicted molar refractivity (Wildman–Crippen MR) is 90.1 cm³/mol. The molecule has 0 amide bonds. The van der Waals surface area contributed by atoms with Crippen molar-refractivity contribution in [1.29, 1.82) is 0 Å². The second-order valence-electron chi connectivity index (χ2n) is 5.73. The van der Waals surface area contributed by atoms with Crippen molar-refractivity contribution in [3.8, 4) is 0 Å². The Morgan fingerprint density at radius 1 is 1.35 bits per heavy atom. The van der Waals surface area contributed by atoms with Crippen LogP contribution < -0.4 is 0 Å². The highest BCUT2D eigenvalue weighted by molar-refractivity contribution is 9.10. The van der Waals surface area contributed by atoms with E-state index in [-0.39, 0.29) is 5.41 Å². The fourth-order valence-electron chi connectivity index (χ4n) is 1.95. The molecular weight excluding hydrogens is 356 g/mol. The molecule has 0 aliphatic carbocycles. The van der Waals surface area contributed by atoms with Crippen molar-refractivity contribution in [1.82, 2.24) is 9.97 Å². The molecule has 2 rings (SSSR count). The highest BCUT2D eigenvalue weighted by atomic mass is 79.9. The van der Waals surface area contributed by atoms with Crippen LogP contribution in [-0.4, -0.2) is 9.97 Å². The van der Waals surface area contributed by atoms with Gasteiger partial charge in [-0.05, 0) is 33.6 Å². The van der Waals surface area contributed by atoms with Gasteiger partial charge in [0, 0.05) is 22.6 Å². The standard InChI is InChI=1S/C15H16BrClN2S/c1-15(2,3)13-12(16)14(20)19-11(18-13)8-9-5-4-6-10(17)7-9/h4-7H,8H2,1-3H3,(H,18,19,20). The van der Waals surface area contributed by atoms with E-state index in [4.69, 9.17) is 23.8 Å². The Bertz CT molecular complexity index is 689. The molecular formula is C15H16BrClN2S. The number of hydrogen-bond acceptors (Lipinski definition) is 2. The summed E-state index contributed by atoms with van der Waals surface area (Å²) in [6.45, 7) is 6.42. The molecule has 1 aromatic heterocycles. The fraction of sp³-hybridized carbons (Fsp3) is 0.333. The SMILES string of the molecule is CC(C)(C)c1[nH]c(Cc2cccc(Cl)c2)nc(=S)c1Br. The first-order valence-corrected chi connectivity index (χ1v) is 7.89. The zero-order chi connectivity index (χ0) is 14.9. The van der Waals surface area contributed by atoms with E-state index in [2.05, 4.69) is 46.7 Å². The molecule has 20 heavy (non-hydrogen) atoms. The first-order valence-electron chi connectivity index (χ1n) is 6.31. The summed E-state index contributed by atoms with van der Waals surface area (Å²) in [6.07, 6.45) is 0.681.